The highest BCUT2D eigenvalue weighted by atomic mass is 127. The first-order chi connectivity index (χ1) is 7.75. The largest absolute Gasteiger partial charge is 0.349 e. The van der Waals surface area contributed by atoms with Crippen molar-refractivity contribution in [3.8, 4) is 0 Å². The Bertz CT molecular complexity index is 363. The lowest BCUT2D eigenvalue weighted by molar-refractivity contribution is 0.0929. The molecule has 0 saturated carbocycles. The average Bonchev–Trinajstić information content (AvgIpc) is 2.31. The minimum Gasteiger partial charge on any atom is -0.349 e. The van der Waals surface area contributed by atoms with Crippen LogP contribution in [0.5, 0.6) is 0 Å². The van der Waals surface area contributed by atoms with Crippen LogP contribution in [0.3, 0.4) is 0 Å². The van der Waals surface area contributed by atoms with Crippen LogP contribution in [0.4, 0.5) is 0 Å². The van der Waals surface area contributed by atoms with E-state index in [1.807, 2.05) is 24.3 Å². The second-order valence-corrected chi connectivity index (χ2v) is 5.25. The summed E-state index contributed by atoms with van der Waals surface area (Å²) in [5, 5.41) is 6.36. The molecule has 94 valence electrons. The van der Waals surface area contributed by atoms with Crippen LogP contribution in [0.2, 0.25) is 0 Å². The third-order valence-corrected chi connectivity index (χ3v) is 3.50. The van der Waals surface area contributed by atoms with Crippen LogP contribution in [-0.4, -0.2) is 25.0 Å². The first-order valence-electron chi connectivity index (χ1n) is 5.53. The monoisotopic (exact) mass is 366 g/mol. The lowest BCUT2D eigenvalue weighted by atomic mass is 10.1. The summed E-state index contributed by atoms with van der Waals surface area (Å²) in [6.45, 7) is 2.00. The van der Waals surface area contributed by atoms with Gasteiger partial charge in [-0.05, 0) is 72.8 Å². The molecule has 0 spiro atoms. The summed E-state index contributed by atoms with van der Waals surface area (Å²) in [7, 11) is 0. The molecule has 1 aliphatic rings. The van der Waals surface area contributed by atoms with E-state index in [1.165, 1.54) is 0 Å². The predicted octanol–water partition coefficient (Wildman–Crippen LogP) is 2.19. The van der Waals surface area contributed by atoms with Crippen LogP contribution in [0.1, 0.15) is 23.2 Å². The molecule has 0 aromatic heterocycles. The Morgan fingerprint density at radius 2 is 1.82 bits per heavy atom. The van der Waals surface area contributed by atoms with Crippen LogP contribution in [0, 0.1) is 3.57 Å². The maximum atomic E-state index is 11.9. The Hall–Kier alpha value is -0.330. The zero-order valence-electron chi connectivity index (χ0n) is 9.41. The predicted molar refractivity (Wildman–Crippen MR) is 79.8 cm³/mol. The van der Waals surface area contributed by atoms with Crippen molar-refractivity contribution in [2.24, 2.45) is 0 Å². The second-order valence-electron chi connectivity index (χ2n) is 4.00. The van der Waals surface area contributed by atoms with Gasteiger partial charge in [0.1, 0.15) is 0 Å². The molecule has 0 unspecified atom stereocenters. The Morgan fingerprint density at radius 3 is 2.41 bits per heavy atom. The van der Waals surface area contributed by atoms with Gasteiger partial charge < -0.3 is 10.6 Å². The molecule has 17 heavy (non-hydrogen) atoms. The zero-order valence-corrected chi connectivity index (χ0v) is 12.4. The van der Waals surface area contributed by atoms with Gasteiger partial charge in [0, 0.05) is 15.2 Å². The van der Waals surface area contributed by atoms with Crippen LogP contribution in [0.15, 0.2) is 24.3 Å². The summed E-state index contributed by atoms with van der Waals surface area (Å²) in [4.78, 5) is 11.9. The van der Waals surface area contributed by atoms with Gasteiger partial charge in [-0.3, -0.25) is 4.79 Å². The van der Waals surface area contributed by atoms with Gasteiger partial charge in [-0.1, -0.05) is 0 Å². The van der Waals surface area contributed by atoms with E-state index in [0.29, 0.717) is 6.04 Å². The minimum absolute atomic E-state index is 0. The van der Waals surface area contributed by atoms with Gasteiger partial charge in [-0.2, -0.15) is 0 Å². The van der Waals surface area contributed by atoms with Gasteiger partial charge in [0.05, 0.1) is 0 Å². The summed E-state index contributed by atoms with van der Waals surface area (Å²) in [5.74, 6) is 0.0447. The normalized spacial score (nSPS) is 16.1. The van der Waals surface area contributed by atoms with Crippen LogP contribution < -0.4 is 10.6 Å². The van der Waals surface area contributed by atoms with Crippen molar-refractivity contribution in [3.05, 3.63) is 33.4 Å². The number of rotatable bonds is 2. The summed E-state index contributed by atoms with van der Waals surface area (Å²) in [6.07, 6.45) is 2.05. The molecule has 1 saturated heterocycles. The molecular weight excluding hydrogens is 351 g/mol. The molecule has 1 aromatic rings. The molecule has 1 aromatic carbocycles. The number of benzene rings is 1. The van der Waals surface area contributed by atoms with Gasteiger partial charge >= 0.3 is 0 Å². The van der Waals surface area contributed by atoms with E-state index in [0.717, 1.165) is 35.1 Å². The molecule has 0 atom stereocenters. The fraction of sp³-hybridized carbons (Fsp3) is 0.417. The maximum Gasteiger partial charge on any atom is 0.251 e. The fourth-order valence-corrected chi connectivity index (χ4v) is 2.20. The number of nitrogens with one attached hydrogen (secondary N) is 2. The van der Waals surface area contributed by atoms with E-state index in [9.17, 15) is 4.79 Å². The number of carbonyl (C=O) groups excluding carboxylic acids is 1. The van der Waals surface area contributed by atoms with E-state index in [4.69, 9.17) is 0 Å². The number of hydrogen-bond donors (Lipinski definition) is 2. The van der Waals surface area contributed by atoms with Crippen molar-refractivity contribution < 1.29 is 4.79 Å². The van der Waals surface area contributed by atoms with Crippen LogP contribution in [0.25, 0.3) is 0 Å². The van der Waals surface area contributed by atoms with E-state index in [2.05, 4.69) is 33.2 Å². The number of carbonyl (C=O) groups is 1. The third kappa shape index (κ3) is 4.44. The minimum atomic E-state index is 0. The molecule has 1 fully saturated rings. The highest BCUT2D eigenvalue weighted by molar-refractivity contribution is 14.1. The van der Waals surface area contributed by atoms with Crippen LogP contribution in [-0.2, 0) is 0 Å². The zero-order chi connectivity index (χ0) is 11.4. The summed E-state index contributed by atoms with van der Waals surface area (Å²) >= 11 is 2.24. The molecule has 0 bridgehead atoms. The third-order valence-electron chi connectivity index (χ3n) is 2.78. The summed E-state index contributed by atoms with van der Waals surface area (Å²) in [6, 6.07) is 7.99. The van der Waals surface area contributed by atoms with Crippen LogP contribution >= 0.6 is 35.0 Å². The Balaban J connectivity index is 0.00000144. The molecule has 0 aliphatic carbocycles. The summed E-state index contributed by atoms with van der Waals surface area (Å²) < 4.78 is 1.15. The number of amides is 1. The quantitative estimate of drug-likeness (QED) is 0.788. The smallest absolute Gasteiger partial charge is 0.251 e. The number of halogens is 2. The highest BCUT2D eigenvalue weighted by Gasteiger charge is 2.15. The Kier molecular flexibility index (Phi) is 6.22. The van der Waals surface area contributed by atoms with E-state index < -0.39 is 0 Å². The molecule has 5 heteroatoms. The molecule has 1 heterocycles. The molecule has 3 nitrogen and oxygen atoms in total. The molecule has 1 aliphatic heterocycles. The number of piperidine rings is 1. The first-order valence-corrected chi connectivity index (χ1v) is 6.61. The van der Waals surface area contributed by atoms with Crippen molar-refractivity contribution in [1.82, 2.24) is 10.6 Å². The molecule has 0 radical (unpaired) electrons. The van der Waals surface area contributed by atoms with Crippen molar-refractivity contribution in [3.63, 3.8) is 0 Å². The van der Waals surface area contributed by atoms with E-state index in [-0.39, 0.29) is 18.3 Å². The lowest BCUT2D eigenvalue weighted by Gasteiger charge is -2.23. The number of hydrogen-bond acceptors (Lipinski definition) is 2. The molecular formula is C12H16ClIN2O. The van der Waals surface area contributed by atoms with Crippen molar-refractivity contribution >= 4 is 40.9 Å². The molecule has 2 N–H and O–H groups in total. The standard InChI is InChI=1S/C12H15IN2O.ClH/c13-10-3-1-9(2-4-10)12(16)15-11-5-7-14-8-6-11;/h1-4,11,14H,5-8H2,(H,15,16);1H. The lowest BCUT2D eigenvalue weighted by Crippen LogP contribution is -2.42. The first kappa shape index (κ1) is 14.7. The van der Waals surface area contributed by atoms with Crippen molar-refractivity contribution in [2.45, 2.75) is 18.9 Å². The van der Waals surface area contributed by atoms with E-state index in [1.54, 1.807) is 0 Å². The van der Waals surface area contributed by atoms with Gasteiger partial charge in [-0.25, -0.2) is 0 Å². The van der Waals surface area contributed by atoms with Crippen molar-refractivity contribution in [1.29, 1.82) is 0 Å². The average molecular weight is 367 g/mol. The van der Waals surface area contributed by atoms with Gasteiger partial charge in [0.25, 0.3) is 5.91 Å². The van der Waals surface area contributed by atoms with Gasteiger partial charge in [0.2, 0.25) is 0 Å². The van der Waals surface area contributed by atoms with E-state index >= 15 is 0 Å². The Labute approximate surface area is 121 Å². The van der Waals surface area contributed by atoms with Crippen molar-refractivity contribution in [2.75, 3.05) is 13.1 Å². The van der Waals surface area contributed by atoms with Gasteiger partial charge in [-0.15, -0.1) is 12.4 Å². The molecule has 2 rings (SSSR count). The SMILES string of the molecule is Cl.O=C(NC1CCNCC1)c1ccc(I)cc1. The highest BCUT2D eigenvalue weighted by Crippen LogP contribution is 2.08. The topological polar surface area (TPSA) is 41.1 Å². The fourth-order valence-electron chi connectivity index (χ4n) is 1.84. The maximum absolute atomic E-state index is 11.9. The Morgan fingerprint density at radius 1 is 1.24 bits per heavy atom. The summed E-state index contributed by atoms with van der Waals surface area (Å²) in [5.41, 5.74) is 0.749. The molecule has 1 amide bonds. The van der Waals surface area contributed by atoms with Gasteiger partial charge in [0.15, 0.2) is 0 Å². The second kappa shape index (κ2) is 7.18.